The fourth-order valence-corrected chi connectivity index (χ4v) is 2.48. The Labute approximate surface area is 86.5 Å². The maximum Gasteiger partial charge on any atom is 0.0190 e. The zero-order valence-corrected chi connectivity index (χ0v) is 9.30. The zero-order chi connectivity index (χ0) is 10.2. The van der Waals surface area contributed by atoms with Crippen molar-refractivity contribution in [1.29, 1.82) is 0 Å². The standard InChI is InChI=1S/C13H19N/c1-13(2,14-3)12-9-8-10-6-4-5-7-11(10)12/h4-7,12,14H,8-9H2,1-3H3. The summed E-state index contributed by atoms with van der Waals surface area (Å²) in [6.45, 7) is 4.58. The molecule has 1 N–H and O–H groups in total. The molecule has 0 radical (unpaired) electrons. The second kappa shape index (κ2) is 3.39. The highest BCUT2D eigenvalue weighted by Gasteiger charge is 2.33. The molecule has 0 aliphatic heterocycles. The molecule has 76 valence electrons. The Kier molecular flexibility index (Phi) is 2.36. The lowest BCUT2D eigenvalue weighted by atomic mass is 9.83. The second-order valence-corrected chi connectivity index (χ2v) is 4.76. The average molecular weight is 189 g/mol. The van der Waals surface area contributed by atoms with Gasteiger partial charge in [0.1, 0.15) is 0 Å². The Balaban J connectivity index is 2.35. The van der Waals surface area contributed by atoms with Gasteiger partial charge in [-0.25, -0.2) is 0 Å². The molecule has 1 aliphatic carbocycles. The Bertz CT molecular complexity index is 328. The van der Waals surface area contributed by atoms with Crippen LogP contribution in [0.25, 0.3) is 0 Å². The number of rotatable bonds is 2. The summed E-state index contributed by atoms with van der Waals surface area (Å²) in [5, 5.41) is 3.42. The molecule has 1 unspecified atom stereocenters. The van der Waals surface area contributed by atoms with Crippen LogP contribution in [-0.4, -0.2) is 12.6 Å². The lowest BCUT2D eigenvalue weighted by Gasteiger charge is -2.32. The van der Waals surface area contributed by atoms with E-state index in [1.54, 1.807) is 11.1 Å². The van der Waals surface area contributed by atoms with Crippen LogP contribution in [0.5, 0.6) is 0 Å². The minimum atomic E-state index is 0.215. The monoisotopic (exact) mass is 189 g/mol. The van der Waals surface area contributed by atoms with E-state index in [4.69, 9.17) is 0 Å². The van der Waals surface area contributed by atoms with Gasteiger partial charge in [-0.3, -0.25) is 0 Å². The molecule has 1 aliphatic rings. The van der Waals surface area contributed by atoms with Crippen molar-refractivity contribution < 1.29 is 0 Å². The molecule has 0 fully saturated rings. The van der Waals surface area contributed by atoms with Gasteiger partial charge in [0, 0.05) is 11.5 Å². The third-order valence-electron chi connectivity index (χ3n) is 3.65. The van der Waals surface area contributed by atoms with Crippen LogP contribution in [0.2, 0.25) is 0 Å². The van der Waals surface area contributed by atoms with Crippen LogP contribution in [0.15, 0.2) is 24.3 Å². The fraction of sp³-hybridized carbons (Fsp3) is 0.538. The second-order valence-electron chi connectivity index (χ2n) is 4.76. The number of likely N-dealkylation sites (N-methyl/N-ethyl adjacent to an activating group) is 1. The van der Waals surface area contributed by atoms with Crippen LogP contribution < -0.4 is 5.32 Å². The molecule has 14 heavy (non-hydrogen) atoms. The van der Waals surface area contributed by atoms with Crippen molar-refractivity contribution in [3.8, 4) is 0 Å². The van der Waals surface area contributed by atoms with E-state index in [1.807, 2.05) is 0 Å². The normalized spacial score (nSPS) is 20.9. The van der Waals surface area contributed by atoms with E-state index in [2.05, 4.69) is 50.5 Å². The molecule has 2 rings (SSSR count). The first-order valence-corrected chi connectivity index (χ1v) is 5.42. The van der Waals surface area contributed by atoms with Crippen molar-refractivity contribution in [3.63, 3.8) is 0 Å². The van der Waals surface area contributed by atoms with E-state index in [0.29, 0.717) is 5.92 Å². The van der Waals surface area contributed by atoms with Gasteiger partial charge in [-0.1, -0.05) is 24.3 Å². The minimum absolute atomic E-state index is 0.215. The number of hydrogen-bond donors (Lipinski definition) is 1. The summed E-state index contributed by atoms with van der Waals surface area (Å²) >= 11 is 0. The summed E-state index contributed by atoms with van der Waals surface area (Å²) in [5.41, 5.74) is 3.31. The van der Waals surface area contributed by atoms with Crippen molar-refractivity contribution in [3.05, 3.63) is 35.4 Å². The van der Waals surface area contributed by atoms with Gasteiger partial charge in [-0.2, -0.15) is 0 Å². The average Bonchev–Trinajstić information content (AvgIpc) is 2.61. The predicted molar refractivity (Wildman–Crippen MR) is 60.6 cm³/mol. The molecular weight excluding hydrogens is 170 g/mol. The van der Waals surface area contributed by atoms with Crippen molar-refractivity contribution in [1.82, 2.24) is 5.32 Å². The van der Waals surface area contributed by atoms with E-state index in [9.17, 15) is 0 Å². The van der Waals surface area contributed by atoms with Crippen LogP contribution in [0.1, 0.15) is 37.3 Å². The molecule has 0 saturated carbocycles. The Hall–Kier alpha value is -0.820. The quantitative estimate of drug-likeness (QED) is 0.754. The van der Waals surface area contributed by atoms with E-state index >= 15 is 0 Å². The van der Waals surface area contributed by atoms with Crippen LogP contribution in [-0.2, 0) is 6.42 Å². The molecule has 0 saturated heterocycles. The van der Waals surface area contributed by atoms with E-state index in [0.717, 1.165) is 0 Å². The predicted octanol–water partition coefficient (Wildman–Crippen LogP) is 2.71. The SMILES string of the molecule is CNC(C)(C)C1CCc2ccccc21. The van der Waals surface area contributed by atoms with E-state index in [-0.39, 0.29) is 5.54 Å². The van der Waals surface area contributed by atoms with Crippen LogP contribution in [0, 0.1) is 0 Å². The van der Waals surface area contributed by atoms with Gasteiger partial charge in [0.05, 0.1) is 0 Å². The first-order valence-electron chi connectivity index (χ1n) is 5.42. The molecule has 1 heteroatoms. The molecule has 0 spiro atoms. The summed E-state index contributed by atoms with van der Waals surface area (Å²) in [6.07, 6.45) is 2.53. The highest BCUT2D eigenvalue weighted by molar-refractivity contribution is 5.37. The molecule has 1 atom stereocenters. The molecular formula is C13H19N. The number of benzene rings is 1. The Morgan fingerprint density at radius 1 is 1.29 bits per heavy atom. The number of aryl methyl sites for hydroxylation is 1. The van der Waals surface area contributed by atoms with Gasteiger partial charge in [0.2, 0.25) is 0 Å². The van der Waals surface area contributed by atoms with Crippen LogP contribution in [0.3, 0.4) is 0 Å². The van der Waals surface area contributed by atoms with E-state index in [1.165, 1.54) is 12.8 Å². The third kappa shape index (κ3) is 1.46. The minimum Gasteiger partial charge on any atom is -0.314 e. The highest BCUT2D eigenvalue weighted by atomic mass is 14.9. The van der Waals surface area contributed by atoms with Crippen molar-refractivity contribution >= 4 is 0 Å². The largest absolute Gasteiger partial charge is 0.314 e. The molecule has 1 aromatic rings. The first-order chi connectivity index (χ1) is 6.65. The van der Waals surface area contributed by atoms with E-state index < -0.39 is 0 Å². The maximum atomic E-state index is 3.42. The molecule has 1 nitrogen and oxygen atoms in total. The van der Waals surface area contributed by atoms with Gasteiger partial charge in [0.25, 0.3) is 0 Å². The van der Waals surface area contributed by atoms with Gasteiger partial charge < -0.3 is 5.32 Å². The fourth-order valence-electron chi connectivity index (χ4n) is 2.48. The van der Waals surface area contributed by atoms with Crippen LogP contribution in [0.4, 0.5) is 0 Å². The molecule has 1 aromatic carbocycles. The van der Waals surface area contributed by atoms with Crippen LogP contribution >= 0.6 is 0 Å². The molecule has 0 heterocycles. The van der Waals surface area contributed by atoms with Gasteiger partial charge >= 0.3 is 0 Å². The topological polar surface area (TPSA) is 12.0 Å². The van der Waals surface area contributed by atoms with Gasteiger partial charge in [-0.05, 0) is 44.9 Å². The molecule has 0 bridgehead atoms. The smallest absolute Gasteiger partial charge is 0.0190 e. The summed E-state index contributed by atoms with van der Waals surface area (Å²) in [4.78, 5) is 0. The lowest BCUT2D eigenvalue weighted by Crippen LogP contribution is -2.41. The summed E-state index contributed by atoms with van der Waals surface area (Å²) < 4.78 is 0. The number of nitrogens with one attached hydrogen (secondary N) is 1. The highest BCUT2D eigenvalue weighted by Crippen LogP contribution is 2.39. The summed E-state index contributed by atoms with van der Waals surface area (Å²) in [7, 11) is 2.06. The Morgan fingerprint density at radius 2 is 2.00 bits per heavy atom. The van der Waals surface area contributed by atoms with Crippen molar-refractivity contribution in [2.45, 2.75) is 38.1 Å². The molecule has 0 aromatic heterocycles. The summed E-state index contributed by atoms with van der Waals surface area (Å²) in [6, 6.07) is 8.85. The number of fused-ring (bicyclic) bond motifs is 1. The molecule has 0 amide bonds. The third-order valence-corrected chi connectivity index (χ3v) is 3.65. The lowest BCUT2D eigenvalue weighted by molar-refractivity contribution is 0.341. The summed E-state index contributed by atoms with van der Waals surface area (Å²) in [5.74, 6) is 0.670. The van der Waals surface area contributed by atoms with Gasteiger partial charge in [0.15, 0.2) is 0 Å². The maximum absolute atomic E-state index is 3.42. The van der Waals surface area contributed by atoms with Crippen molar-refractivity contribution in [2.24, 2.45) is 0 Å². The van der Waals surface area contributed by atoms with Gasteiger partial charge in [-0.15, -0.1) is 0 Å². The first kappa shape index (κ1) is 9.72. The van der Waals surface area contributed by atoms with Crippen molar-refractivity contribution in [2.75, 3.05) is 7.05 Å². The zero-order valence-electron chi connectivity index (χ0n) is 9.30. The number of hydrogen-bond acceptors (Lipinski definition) is 1. The Morgan fingerprint density at radius 3 is 2.71 bits per heavy atom.